The number of amides is 1. The van der Waals surface area contributed by atoms with Gasteiger partial charge in [-0.25, -0.2) is 4.98 Å². The number of halogens is 1. The second-order valence-electron chi connectivity index (χ2n) is 3.28. The van der Waals surface area contributed by atoms with Gasteiger partial charge in [-0.05, 0) is 12.1 Å². The summed E-state index contributed by atoms with van der Waals surface area (Å²) in [4.78, 5) is 15.1. The lowest BCUT2D eigenvalue weighted by molar-refractivity contribution is -0.117. The molecule has 0 atom stereocenters. The van der Waals surface area contributed by atoms with E-state index in [0.717, 1.165) is 16.3 Å². The molecule has 3 nitrogen and oxygen atoms in total. The van der Waals surface area contributed by atoms with Gasteiger partial charge in [-0.3, -0.25) is 4.79 Å². The summed E-state index contributed by atoms with van der Waals surface area (Å²) >= 11 is 7.23. The van der Waals surface area contributed by atoms with Gasteiger partial charge < -0.3 is 5.73 Å². The highest BCUT2D eigenvalue weighted by Gasteiger charge is 2.06. The van der Waals surface area contributed by atoms with Crippen molar-refractivity contribution < 1.29 is 4.79 Å². The maximum atomic E-state index is 10.7. The Hall–Kier alpha value is -1.39. The molecule has 0 aliphatic heterocycles. The molecule has 1 heterocycles. The van der Waals surface area contributed by atoms with Gasteiger partial charge in [0.1, 0.15) is 5.01 Å². The molecule has 0 bridgehead atoms. The van der Waals surface area contributed by atoms with Crippen LogP contribution in [0.5, 0.6) is 0 Å². The Balaban J connectivity index is 2.24. The van der Waals surface area contributed by atoms with Crippen LogP contribution in [0.2, 0.25) is 5.02 Å². The van der Waals surface area contributed by atoms with Crippen LogP contribution in [0.15, 0.2) is 29.6 Å². The molecule has 0 spiro atoms. The lowest BCUT2D eigenvalue weighted by Gasteiger charge is -1.95. The summed E-state index contributed by atoms with van der Waals surface area (Å²) in [7, 11) is 0. The molecule has 1 aromatic heterocycles. The highest BCUT2D eigenvalue weighted by molar-refractivity contribution is 7.10. The van der Waals surface area contributed by atoms with Gasteiger partial charge in [0.2, 0.25) is 5.91 Å². The Kier molecular flexibility index (Phi) is 3.22. The van der Waals surface area contributed by atoms with Crippen LogP contribution in [0.25, 0.3) is 11.3 Å². The van der Waals surface area contributed by atoms with Crippen LogP contribution in [0.4, 0.5) is 0 Å². The third-order valence-corrected chi connectivity index (χ3v) is 3.12. The molecule has 0 saturated heterocycles. The predicted molar refractivity (Wildman–Crippen MR) is 65.5 cm³/mol. The smallest absolute Gasteiger partial charge is 0.224 e. The Bertz CT molecular complexity index is 507. The number of hydrogen-bond acceptors (Lipinski definition) is 3. The van der Waals surface area contributed by atoms with Gasteiger partial charge in [-0.2, -0.15) is 0 Å². The quantitative estimate of drug-likeness (QED) is 0.913. The fourth-order valence-electron chi connectivity index (χ4n) is 1.29. The van der Waals surface area contributed by atoms with E-state index in [1.54, 1.807) is 0 Å². The van der Waals surface area contributed by atoms with Crippen LogP contribution < -0.4 is 5.73 Å². The minimum atomic E-state index is -0.364. The zero-order valence-corrected chi connectivity index (χ0v) is 9.89. The van der Waals surface area contributed by atoms with Gasteiger partial charge in [0.25, 0.3) is 0 Å². The first kappa shape index (κ1) is 11.1. The zero-order valence-electron chi connectivity index (χ0n) is 8.31. The standard InChI is InChI=1S/C11H9ClN2OS/c12-8-3-1-7(2-4-8)9-6-16-11(14-9)5-10(13)15/h1-4,6H,5H2,(H2,13,15). The van der Waals surface area contributed by atoms with E-state index in [-0.39, 0.29) is 12.3 Å². The second kappa shape index (κ2) is 4.63. The lowest BCUT2D eigenvalue weighted by Crippen LogP contribution is -2.13. The van der Waals surface area contributed by atoms with Crippen molar-refractivity contribution in [2.75, 3.05) is 0 Å². The van der Waals surface area contributed by atoms with E-state index in [2.05, 4.69) is 4.98 Å². The Morgan fingerprint density at radius 3 is 2.69 bits per heavy atom. The van der Waals surface area contributed by atoms with Crippen LogP contribution in [0.1, 0.15) is 5.01 Å². The van der Waals surface area contributed by atoms with Crippen molar-refractivity contribution in [3.05, 3.63) is 39.7 Å². The third-order valence-electron chi connectivity index (χ3n) is 2.02. The molecule has 0 aliphatic carbocycles. The summed E-state index contributed by atoms with van der Waals surface area (Å²) in [5.41, 5.74) is 6.93. The minimum absolute atomic E-state index is 0.193. The van der Waals surface area contributed by atoms with Gasteiger partial charge in [-0.1, -0.05) is 23.7 Å². The highest BCUT2D eigenvalue weighted by atomic mass is 35.5. The first-order valence-electron chi connectivity index (χ1n) is 4.64. The summed E-state index contributed by atoms with van der Waals surface area (Å²) in [5, 5.41) is 3.33. The van der Waals surface area contributed by atoms with Crippen molar-refractivity contribution in [3.63, 3.8) is 0 Å². The van der Waals surface area contributed by atoms with Crippen LogP contribution in [0.3, 0.4) is 0 Å². The number of nitrogens with zero attached hydrogens (tertiary/aromatic N) is 1. The molecule has 2 rings (SSSR count). The molecular formula is C11H9ClN2OS. The summed E-state index contributed by atoms with van der Waals surface area (Å²) < 4.78 is 0. The number of aromatic nitrogens is 1. The van der Waals surface area contributed by atoms with Crippen molar-refractivity contribution >= 4 is 28.8 Å². The SMILES string of the molecule is NC(=O)Cc1nc(-c2ccc(Cl)cc2)cs1. The predicted octanol–water partition coefficient (Wildman–Crippen LogP) is 2.49. The number of carbonyl (C=O) groups excluding carboxylic acids is 1. The normalized spacial score (nSPS) is 10.3. The van der Waals surface area contributed by atoms with E-state index in [0.29, 0.717) is 5.02 Å². The van der Waals surface area contributed by atoms with Gasteiger partial charge in [-0.15, -0.1) is 11.3 Å². The van der Waals surface area contributed by atoms with E-state index >= 15 is 0 Å². The molecule has 2 aromatic rings. The van der Waals surface area contributed by atoms with Crippen molar-refractivity contribution in [2.45, 2.75) is 6.42 Å². The second-order valence-corrected chi connectivity index (χ2v) is 4.66. The van der Waals surface area contributed by atoms with Gasteiger partial charge in [0.15, 0.2) is 0 Å². The van der Waals surface area contributed by atoms with Gasteiger partial charge in [0.05, 0.1) is 12.1 Å². The van der Waals surface area contributed by atoms with E-state index < -0.39 is 0 Å². The monoisotopic (exact) mass is 252 g/mol. The third kappa shape index (κ3) is 2.59. The van der Waals surface area contributed by atoms with Gasteiger partial charge in [0, 0.05) is 16.0 Å². The summed E-state index contributed by atoms with van der Waals surface area (Å²) in [5.74, 6) is -0.364. The van der Waals surface area contributed by atoms with Crippen molar-refractivity contribution in [1.82, 2.24) is 4.98 Å². The number of primary amides is 1. The molecule has 1 amide bonds. The van der Waals surface area contributed by atoms with E-state index in [1.807, 2.05) is 29.6 Å². The topological polar surface area (TPSA) is 56.0 Å². The lowest BCUT2D eigenvalue weighted by atomic mass is 10.2. The Morgan fingerprint density at radius 1 is 1.38 bits per heavy atom. The molecule has 0 fully saturated rings. The minimum Gasteiger partial charge on any atom is -0.369 e. The summed E-state index contributed by atoms with van der Waals surface area (Å²) in [6.07, 6.45) is 0.193. The Morgan fingerprint density at radius 2 is 2.06 bits per heavy atom. The number of benzene rings is 1. The zero-order chi connectivity index (χ0) is 11.5. The molecular weight excluding hydrogens is 244 g/mol. The average Bonchev–Trinajstić information content (AvgIpc) is 2.66. The van der Waals surface area contributed by atoms with Crippen molar-refractivity contribution in [1.29, 1.82) is 0 Å². The van der Waals surface area contributed by atoms with Crippen molar-refractivity contribution in [3.8, 4) is 11.3 Å². The summed E-state index contributed by atoms with van der Waals surface area (Å²) in [6.45, 7) is 0. The average molecular weight is 253 g/mol. The van der Waals surface area contributed by atoms with Crippen LogP contribution in [0, 0.1) is 0 Å². The first-order chi connectivity index (χ1) is 7.65. The first-order valence-corrected chi connectivity index (χ1v) is 5.89. The number of rotatable bonds is 3. The molecule has 0 saturated carbocycles. The summed E-state index contributed by atoms with van der Waals surface area (Å²) in [6, 6.07) is 7.41. The number of thiazole rings is 1. The largest absolute Gasteiger partial charge is 0.369 e. The maximum Gasteiger partial charge on any atom is 0.224 e. The molecule has 5 heteroatoms. The molecule has 1 aromatic carbocycles. The van der Waals surface area contributed by atoms with Crippen molar-refractivity contribution in [2.24, 2.45) is 5.73 Å². The maximum absolute atomic E-state index is 10.7. The highest BCUT2D eigenvalue weighted by Crippen LogP contribution is 2.23. The van der Waals surface area contributed by atoms with E-state index in [9.17, 15) is 4.79 Å². The van der Waals surface area contributed by atoms with Crippen LogP contribution in [-0.2, 0) is 11.2 Å². The molecule has 2 N–H and O–H groups in total. The fourth-order valence-corrected chi connectivity index (χ4v) is 2.23. The number of carbonyl (C=O) groups is 1. The Labute approximate surface area is 102 Å². The van der Waals surface area contributed by atoms with E-state index in [1.165, 1.54) is 11.3 Å². The number of hydrogen-bond donors (Lipinski definition) is 1. The van der Waals surface area contributed by atoms with Crippen LogP contribution in [-0.4, -0.2) is 10.9 Å². The fraction of sp³-hybridized carbons (Fsp3) is 0.0909. The molecule has 0 radical (unpaired) electrons. The molecule has 82 valence electrons. The van der Waals surface area contributed by atoms with Gasteiger partial charge >= 0.3 is 0 Å². The number of nitrogens with two attached hydrogens (primary N) is 1. The molecule has 16 heavy (non-hydrogen) atoms. The van der Waals surface area contributed by atoms with Crippen LogP contribution >= 0.6 is 22.9 Å². The molecule has 0 aliphatic rings. The van der Waals surface area contributed by atoms with E-state index in [4.69, 9.17) is 17.3 Å². The molecule has 0 unspecified atom stereocenters.